The first kappa shape index (κ1) is 28.4. The van der Waals surface area contributed by atoms with Gasteiger partial charge >= 0.3 is 17.6 Å². The van der Waals surface area contributed by atoms with E-state index in [1.54, 1.807) is 6.07 Å². The van der Waals surface area contributed by atoms with Gasteiger partial charge in [0.25, 0.3) is 5.91 Å². The van der Waals surface area contributed by atoms with Gasteiger partial charge in [-0.15, -0.1) is 28.6 Å². The van der Waals surface area contributed by atoms with Crippen molar-refractivity contribution in [3.8, 4) is 0 Å². The molecule has 214 valence electrons. The number of aromatic nitrogens is 4. The molecule has 14 nitrogen and oxygen atoms in total. The molecule has 41 heavy (non-hydrogen) atoms. The average molecular weight is 600 g/mol. The summed E-state index contributed by atoms with van der Waals surface area (Å²) in [6.45, 7) is -0.00699. The molecule has 2 aliphatic rings. The molecule has 4 heterocycles. The van der Waals surface area contributed by atoms with Crippen LogP contribution in [0, 0.1) is 0 Å². The van der Waals surface area contributed by atoms with E-state index in [9.17, 15) is 29.1 Å². The van der Waals surface area contributed by atoms with Crippen molar-refractivity contribution in [1.82, 2.24) is 34.9 Å². The Bertz CT molecular complexity index is 1650. The van der Waals surface area contributed by atoms with Crippen LogP contribution in [0.15, 0.2) is 57.5 Å². The van der Waals surface area contributed by atoms with Crippen molar-refractivity contribution in [3.63, 3.8) is 0 Å². The second-order valence-corrected chi connectivity index (χ2v) is 11.4. The van der Waals surface area contributed by atoms with Crippen molar-refractivity contribution < 1.29 is 29.4 Å². The number of aliphatic carboxylic acids is 2. The number of nitrogens with one attached hydrogen (secondary N) is 2. The first-order valence-electron chi connectivity index (χ1n) is 12.4. The van der Waals surface area contributed by atoms with Crippen LogP contribution < -0.4 is 16.3 Å². The van der Waals surface area contributed by atoms with E-state index < -0.39 is 41.5 Å². The van der Waals surface area contributed by atoms with Gasteiger partial charge in [-0.25, -0.2) is 9.59 Å². The van der Waals surface area contributed by atoms with Gasteiger partial charge in [0.1, 0.15) is 28.7 Å². The number of β-lactam (4-membered cyclic amide) rings is 1. The van der Waals surface area contributed by atoms with Crippen LogP contribution in [0.25, 0.3) is 5.65 Å². The van der Waals surface area contributed by atoms with Gasteiger partial charge < -0.3 is 20.8 Å². The van der Waals surface area contributed by atoms with E-state index in [1.165, 1.54) is 34.5 Å². The van der Waals surface area contributed by atoms with Crippen LogP contribution >= 0.6 is 23.5 Å². The summed E-state index contributed by atoms with van der Waals surface area (Å²) in [5.74, 6) is -2.78. The molecule has 0 radical (unpaired) electrons. The van der Waals surface area contributed by atoms with Crippen molar-refractivity contribution in [2.24, 2.45) is 0 Å². The Morgan fingerprint density at radius 3 is 2.56 bits per heavy atom. The van der Waals surface area contributed by atoms with E-state index >= 15 is 0 Å². The van der Waals surface area contributed by atoms with E-state index in [2.05, 4.69) is 20.8 Å². The van der Waals surface area contributed by atoms with Crippen LogP contribution in [0.2, 0.25) is 0 Å². The number of rotatable bonds is 11. The molecule has 2 aromatic heterocycles. The molecule has 1 unspecified atom stereocenters. The Balaban J connectivity index is 1.27. The normalized spacial score (nSPS) is 18.3. The maximum absolute atomic E-state index is 13.0. The lowest BCUT2D eigenvalue weighted by molar-refractivity contribution is -0.150. The zero-order valence-corrected chi connectivity index (χ0v) is 23.3. The van der Waals surface area contributed by atoms with Crippen LogP contribution in [-0.4, -0.2) is 88.2 Å². The second kappa shape index (κ2) is 11.8. The zero-order valence-electron chi connectivity index (χ0n) is 21.6. The van der Waals surface area contributed by atoms with Crippen molar-refractivity contribution in [1.29, 1.82) is 0 Å². The second-order valence-electron chi connectivity index (χ2n) is 9.25. The van der Waals surface area contributed by atoms with Crippen LogP contribution in [0.5, 0.6) is 0 Å². The van der Waals surface area contributed by atoms with E-state index in [0.717, 1.165) is 20.3 Å². The number of carbonyl (C=O) groups is 4. The van der Waals surface area contributed by atoms with E-state index in [0.29, 0.717) is 22.9 Å². The minimum absolute atomic E-state index is 0.0954. The Morgan fingerprint density at radius 1 is 1.10 bits per heavy atom. The first-order chi connectivity index (χ1) is 19.7. The first-order valence-corrected chi connectivity index (χ1v) is 14.4. The lowest BCUT2D eigenvalue weighted by Gasteiger charge is -2.49. The minimum atomic E-state index is -1.25. The molecule has 3 aromatic rings. The average Bonchev–Trinajstić information content (AvgIpc) is 3.24. The molecule has 2 atom stereocenters. The Labute approximate surface area is 240 Å². The van der Waals surface area contributed by atoms with Crippen LogP contribution in [0.1, 0.15) is 11.1 Å². The zero-order chi connectivity index (χ0) is 29.3. The molecular formula is C25H25N7O7S2. The van der Waals surface area contributed by atoms with E-state index in [1.807, 2.05) is 31.3 Å². The monoisotopic (exact) mass is 599 g/mol. The quantitative estimate of drug-likeness (QED) is 0.168. The fourth-order valence-electron chi connectivity index (χ4n) is 4.65. The molecular weight excluding hydrogens is 574 g/mol. The van der Waals surface area contributed by atoms with E-state index in [-0.39, 0.29) is 29.4 Å². The maximum Gasteiger partial charge on any atom is 0.367 e. The predicted octanol–water partition coefficient (Wildman–Crippen LogP) is -0.232. The Morgan fingerprint density at radius 2 is 1.85 bits per heavy atom. The van der Waals surface area contributed by atoms with Crippen molar-refractivity contribution in [2.75, 3.05) is 18.6 Å². The number of thioether (sulfide) groups is 2. The number of benzene rings is 1. The van der Waals surface area contributed by atoms with Crippen molar-refractivity contribution in [2.45, 2.75) is 36.0 Å². The molecule has 1 aromatic carbocycles. The number of nitrogens with zero attached hydrogens (tertiary/aromatic N) is 5. The molecule has 0 aliphatic carbocycles. The highest BCUT2D eigenvalue weighted by molar-refractivity contribution is 8.01. The summed E-state index contributed by atoms with van der Waals surface area (Å²) >= 11 is 2.53. The molecule has 1 saturated heterocycles. The Hall–Kier alpha value is -4.15. The fraction of sp³-hybridized carbons (Fsp3) is 0.320. The molecule has 0 bridgehead atoms. The van der Waals surface area contributed by atoms with E-state index in [4.69, 9.17) is 5.11 Å². The fourth-order valence-corrected chi connectivity index (χ4v) is 6.99. The lowest BCUT2D eigenvalue weighted by atomic mass is 10.0. The standard InChI is InChI=1S/C25H25N7O7S2/c1-26-9-14-5-3-2-4-13(14)8-17(33)27-20-22(36)31-21(24(37)38)15(12-41-23(20)31)11-40-18-7-6-16-28-30(10-19(34)35)25(39)32(16)29-18/h2-7,20,23,26H,8-12H2,1H3,(H,27,33)(H,34,35)(H,37,38)/t20?,23-/m1/s1. The minimum Gasteiger partial charge on any atom is -0.480 e. The third kappa shape index (κ3) is 5.71. The van der Waals surface area contributed by atoms with Gasteiger partial charge in [-0.2, -0.15) is 14.3 Å². The number of hydrogen-bond acceptors (Lipinski definition) is 10. The van der Waals surface area contributed by atoms with Crippen LogP contribution in [0.3, 0.4) is 0 Å². The summed E-state index contributed by atoms with van der Waals surface area (Å²) in [7, 11) is 1.81. The Kier molecular flexibility index (Phi) is 8.14. The smallest absolute Gasteiger partial charge is 0.367 e. The van der Waals surface area contributed by atoms with Gasteiger partial charge in [-0.3, -0.25) is 19.3 Å². The summed E-state index contributed by atoms with van der Waals surface area (Å²) < 4.78 is 1.76. The summed E-state index contributed by atoms with van der Waals surface area (Å²) in [5.41, 5.74) is 1.66. The molecule has 2 aliphatic heterocycles. The van der Waals surface area contributed by atoms with Gasteiger partial charge in [-0.05, 0) is 35.9 Å². The lowest BCUT2D eigenvalue weighted by Crippen LogP contribution is -2.70. The number of carbonyl (C=O) groups excluding carboxylic acids is 2. The van der Waals surface area contributed by atoms with Gasteiger partial charge in [0.2, 0.25) is 5.91 Å². The molecule has 5 rings (SSSR count). The summed E-state index contributed by atoms with van der Waals surface area (Å²) in [6, 6.07) is 9.79. The highest BCUT2D eigenvalue weighted by Gasteiger charge is 2.54. The molecule has 2 amide bonds. The molecule has 4 N–H and O–H groups in total. The van der Waals surface area contributed by atoms with Crippen molar-refractivity contribution in [3.05, 3.63) is 69.3 Å². The number of hydrogen-bond donors (Lipinski definition) is 4. The summed E-state index contributed by atoms with van der Waals surface area (Å²) in [6.07, 6.45) is 0.0954. The summed E-state index contributed by atoms with van der Waals surface area (Å²) in [4.78, 5) is 62.6. The molecule has 0 spiro atoms. The number of carboxylic acid groups (broad SMARTS) is 2. The largest absolute Gasteiger partial charge is 0.480 e. The number of fused-ring (bicyclic) bond motifs is 2. The van der Waals surface area contributed by atoms with Gasteiger partial charge in [-0.1, -0.05) is 24.3 Å². The molecule has 1 fully saturated rings. The topological polar surface area (TPSA) is 188 Å². The molecule has 0 saturated carbocycles. The van der Waals surface area contributed by atoms with Crippen LogP contribution in [0.4, 0.5) is 0 Å². The number of amides is 2. The van der Waals surface area contributed by atoms with Gasteiger partial charge in [0.15, 0.2) is 5.65 Å². The number of carboxylic acids is 2. The van der Waals surface area contributed by atoms with Gasteiger partial charge in [0.05, 0.1) is 6.42 Å². The molecule has 16 heteroatoms. The summed E-state index contributed by atoms with van der Waals surface area (Å²) in [5, 5.41) is 32.7. The van der Waals surface area contributed by atoms with Crippen molar-refractivity contribution >= 4 is 52.9 Å². The highest BCUT2D eigenvalue weighted by Crippen LogP contribution is 2.41. The predicted molar refractivity (Wildman–Crippen MR) is 148 cm³/mol. The third-order valence-electron chi connectivity index (χ3n) is 6.50. The maximum atomic E-state index is 13.0. The SMILES string of the molecule is CNCc1ccccc1CC(=O)NC1C(=O)N2C(C(=O)O)=C(CSc3ccc4nn(CC(=O)O)c(=O)n4n3)CS[C@H]12. The van der Waals surface area contributed by atoms with Crippen LogP contribution in [-0.2, 0) is 38.7 Å². The highest BCUT2D eigenvalue weighted by atomic mass is 32.2. The third-order valence-corrected chi connectivity index (χ3v) is 8.84. The van der Waals surface area contributed by atoms with Gasteiger partial charge in [0, 0.05) is 18.1 Å².